The quantitative estimate of drug-likeness (QED) is 0.357. The van der Waals surface area contributed by atoms with Gasteiger partial charge in [-0.15, -0.1) is 0 Å². The van der Waals surface area contributed by atoms with E-state index in [0.29, 0.717) is 0 Å². The van der Waals surface area contributed by atoms with Crippen LogP contribution in [-0.2, 0) is 4.74 Å². The van der Waals surface area contributed by atoms with Crippen molar-refractivity contribution in [2.45, 2.75) is 18.8 Å². The lowest BCUT2D eigenvalue weighted by molar-refractivity contribution is -0.265. The molecule has 0 spiro atoms. The second-order valence-corrected chi connectivity index (χ2v) is 2.37. The third kappa shape index (κ3) is 3.64. The molecule has 0 aromatic rings. The maximum Gasteiger partial charge on any atom is 0.213 e. The van der Waals surface area contributed by atoms with Crippen LogP contribution in [0.15, 0.2) is 0 Å². The highest BCUT2D eigenvalue weighted by Crippen LogP contribution is 2.07. The Hall–Kier alpha value is -0.200. The van der Waals surface area contributed by atoms with Crippen LogP contribution >= 0.6 is 0 Å². The van der Waals surface area contributed by atoms with Crippen LogP contribution in [0.4, 0.5) is 0 Å². The Balaban J connectivity index is 3.86. The number of ether oxygens (including phenoxy) is 1. The van der Waals surface area contributed by atoms with E-state index in [1.165, 1.54) is 6.92 Å². The van der Waals surface area contributed by atoms with E-state index in [9.17, 15) is 0 Å². The third-order valence-electron chi connectivity index (χ3n) is 1.17. The molecule has 0 fully saturated rings. The SMILES string of the molecule is CC(CO)OC(O)(CO)CO. The van der Waals surface area contributed by atoms with Crippen LogP contribution in [0.3, 0.4) is 0 Å². The zero-order chi connectivity index (χ0) is 8.91. The number of aliphatic hydroxyl groups excluding tert-OH is 3. The Bertz CT molecular complexity index is 101. The molecule has 0 aliphatic carbocycles. The molecule has 5 nitrogen and oxygen atoms in total. The zero-order valence-electron chi connectivity index (χ0n) is 6.40. The Morgan fingerprint density at radius 2 is 1.73 bits per heavy atom. The number of aliphatic hydroxyl groups is 4. The van der Waals surface area contributed by atoms with Gasteiger partial charge in [0.15, 0.2) is 0 Å². The van der Waals surface area contributed by atoms with E-state index in [0.717, 1.165) is 0 Å². The summed E-state index contributed by atoms with van der Waals surface area (Å²) in [7, 11) is 0. The van der Waals surface area contributed by atoms with Gasteiger partial charge in [0, 0.05) is 0 Å². The molecular formula is C6H14O5. The minimum absolute atomic E-state index is 0.275. The molecule has 0 aromatic heterocycles. The lowest BCUT2D eigenvalue weighted by Gasteiger charge is -2.26. The van der Waals surface area contributed by atoms with E-state index in [4.69, 9.17) is 25.2 Å². The first kappa shape index (κ1) is 10.8. The molecular weight excluding hydrogens is 152 g/mol. The number of rotatable bonds is 5. The number of hydrogen-bond acceptors (Lipinski definition) is 5. The van der Waals surface area contributed by atoms with Gasteiger partial charge in [0.05, 0.1) is 25.9 Å². The van der Waals surface area contributed by atoms with Crippen molar-refractivity contribution in [1.82, 2.24) is 0 Å². The first-order chi connectivity index (χ1) is 5.08. The lowest BCUT2D eigenvalue weighted by Crippen LogP contribution is -2.43. The highest BCUT2D eigenvalue weighted by Gasteiger charge is 2.27. The summed E-state index contributed by atoms with van der Waals surface area (Å²) in [5.41, 5.74) is 0. The second kappa shape index (κ2) is 4.63. The van der Waals surface area contributed by atoms with Crippen molar-refractivity contribution >= 4 is 0 Å². The van der Waals surface area contributed by atoms with Gasteiger partial charge >= 0.3 is 0 Å². The highest BCUT2D eigenvalue weighted by molar-refractivity contribution is 4.65. The molecule has 0 rings (SSSR count). The van der Waals surface area contributed by atoms with Gasteiger partial charge < -0.3 is 25.2 Å². The summed E-state index contributed by atoms with van der Waals surface area (Å²) in [4.78, 5) is 0. The molecule has 4 N–H and O–H groups in total. The average molecular weight is 166 g/mol. The number of hydrogen-bond donors (Lipinski definition) is 4. The third-order valence-corrected chi connectivity index (χ3v) is 1.17. The molecule has 0 bridgehead atoms. The van der Waals surface area contributed by atoms with E-state index in [1.807, 2.05) is 0 Å². The molecule has 0 aromatic carbocycles. The van der Waals surface area contributed by atoms with Crippen LogP contribution in [-0.4, -0.2) is 52.1 Å². The van der Waals surface area contributed by atoms with Crippen LogP contribution in [0.1, 0.15) is 6.92 Å². The lowest BCUT2D eigenvalue weighted by atomic mass is 10.3. The van der Waals surface area contributed by atoms with E-state index in [-0.39, 0.29) is 6.61 Å². The zero-order valence-corrected chi connectivity index (χ0v) is 6.40. The molecule has 68 valence electrons. The first-order valence-corrected chi connectivity index (χ1v) is 3.30. The summed E-state index contributed by atoms with van der Waals surface area (Å²) in [5, 5.41) is 34.6. The predicted molar refractivity (Wildman–Crippen MR) is 36.8 cm³/mol. The van der Waals surface area contributed by atoms with Gasteiger partial charge in [-0.2, -0.15) is 0 Å². The molecule has 0 aliphatic rings. The van der Waals surface area contributed by atoms with Crippen LogP contribution < -0.4 is 0 Å². The normalized spacial score (nSPS) is 15.0. The maximum absolute atomic E-state index is 9.10. The fourth-order valence-electron chi connectivity index (χ4n) is 0.536. The van der Waals surface area contributed by atoms with Gasteiger partial charge in [0.1, 0.15) is 0 Å². The molecule has 0 saturated carbocycles. The minimum atomic E-state index is -1.94. The van der Waals surface area contributed by atoms with Crippen LogP contribution in [0, 0.1) is 0 Å². The van der Waals surface area contributed by atoms with Crippen LogP contribution in [0.5, 0.6) is 0 Å². The summed E-state index contributed by atoms with van der Waals surface area (Å²) in [5.74, 6) is -1.94. The molecule has 0 heterocycles. The molecule has 1 atom stereocenters. The van der Waals surface area contributed by atoms with Gasteiger partial charge in [-0.25, -0.2) is 0 Å². The van der Waals surface area contributed by atoms with Crippen LogP contribution in [0.25, 0.3) is 0 Å². The van der Waals surface area contributed by atoms with Gasteiger partial charge in [-0.3, -0.25) is 0 Å². The van der Waals surface area contributed by atoms with Crippen LogP contribution in [0.2, 0.25) is 0 Å². The smallest absolute Gasteiger partial charge is 0.213 e. The molecule has 0 aliphatic heterocycles. The Morgan fingerprint density at radius 1 is 1.27 bits per heavy atom. The summed E-state index contributed by atoms with van der Waals surface area (Å²) >= 11 is 0. The summed E-state index contributed by atoms with van der Waals surface area (Å²) in [6.07, 6.45) is -0.612. The molecule has 1 unspecified atom stereocenters. The molecule has 0 saturated heterocycles. The van der Waals surface area contributed by atoms with Gasteiger partial charge in [-0.1, -0.05) is 0 Å². The van der Waals surface area contributed by atoms with Crippen molar-refractivity contribution < 1.29 is 25.2 Å². The Morgan fingerprint density at radius 3 is 2.00 bits per heavy atom. The maximum atomic E-state index is 9.10. The second-order valence-electron chi connectivity index (χ2n) is 2.37. The van der Waals surface area contributed by atoms with Crippen molar-refractivity contribution in [3.8, 4) is 0 Å². The molecule has 11 heavy (non-hydrogen) atoms. The van der Waals surface area contributed by atoms with Crippen molar-refractivity contribution in [3.05, 3.63) is 0 Å². The summed E-state index contributed by atoms with van der Waals surface area (Å²) in [6, 6.07) is 0. The summed E-state index contributed by atoms with van der Waals surface area (Å²) in [6.45, 7) is -0.166. The monoisotopic (exact) mass is 166 g/mol. The summed E-state index contributed by atoms with van der Waals surface area (Å²) < 4.78 is 4.69. The fraction of sp³-hybridized carbons (Fsp3) is 1.00. The van der Waals surface area contributed by atoms with Crippen molar-refractivity contribution in [2.75, 3.05) is 19.8 Å². The highest BCUT2D eigenvalue weighted by atomic mass is 16.7. The topological polar surface area (TPSA) is 90.2 Å². The first-order valence-electron chi connectivity index (χ1n) is 3.30. The molecule has 0 radical (unpaired) electrons. The Kier molecular flexibility index (Phi) is 4.55. The predicted octanol–water partition coefficient (Wildman–Crippen LogP) is -1.94. The molecule has 0 amide bonds. The van der Waals surface area contributed by atoms with Crippen molar-refractivity contribution in [3.63, 3.8) is 0 Å². The van der Waals surface area contributed by atoms with Gasteiger partial charge in [0.25, 0.3) is 0 Å². The van der Waals surface area contributed by atoms with Gasteiger partial charge in [-0.05, 0) is 6.92 Å². The van der Waals surface area contributed by atoms with E-state index in [1.54, 1.807) is 0 Å². The fourth-order valence-corrected chi connectivity index (χ4v) is 0.536. The minimum Gasteiger partial charge on any atom is -0.394 e. The standard InChI is InChI=1S/C6H14O5/c1-5(2-7)11-6(10,3-8)4-9/h5,7-10H,2-4H2,1H3. The van der Waals surface area contributed by atoms with Gasteiger partial charge in [0.2, 0.25) is 5.79 Å². The average Bonchev–Trinajstić information content (AvgIpc) is 2.04. The molecule has 5 heteroatoms. The Labute approximate surface area is 64.9 Å². The van der Waals surface area contributed by atoms with E-state index < -0.39 is 25.1 Å². The van der Waals surface area contributed by atoms with Crippen molar-refractivity contribution in [1.29, 1.82) is 0 Å². The largest absolute Gasteiger partial charge is 0.394 e. The van der Waals surface area contributed by atoms with E-state index in [2.05, 4.69) is 0 Å². The van der Waals surface area contributed by atoms with E-state index >= 15 is 0 Å². The van der Waals surface area contributed by atoms with Crippen molar-refractivity contribution in [2.24, 2.45) is 0 Å².